The standard InChI is InChI=1S/C17H16ClN3O/c18-14-3-1-13(2-4-14)17-15-9-19-7-5-16(15)21(20-17)10-12-6-8-22-11-12/h1-5,7,9,12H,6,8,10-11H2. The van der Waals surface area contributed by atoms with Crippen LogP contribution in [0.25, 0.3) is 22.2 Å². The highest BCUT2D eigenvalue weighted by molar-refractivity contribution is 6.30. The summed E-state index contributed by atoms with van der Waals surface area (Å²) in [7, 11) is 0. The molecular formula is C17H16ClN3O. The van der Waals surface area contributed by atoms with E-state index in [-0.39, 0.29) is 0 Å². The van der Waals surface area contributed by atoms with Crippen LogP contribution in [-0.4, -0.2) is 28.0 Å². The van der Waals surface area contributed by atoms with Gasteiger partial charge in [0.25, 0.3) is 0 Å². The first-order valence-corrected chi connectivity index (χ1v) is 7.83. The maximum absolute atomic E-state index is 5.98. The lowest BCUT2D eigenvalue weighted by Gasteiger charge is -2.08. The van der Waals surface area contributed by atoms with Crippen molar-refractivity contribution in [2.45, 2.75) is 13.0 Å². The summed E-state index contributed by atoms with van der Waals surface area (Å²) >= 11 is 5.98. The number of halogens is 1. The lowest BCUT2D eigenvalue weighted by atomic mass is 10.1. The third-order valence-electron chi connectivity index (χ3n) is 4.12. The number of fused-ring (bicyclic) bond motifs is 1. The highest BCUT2D eigenvalue weighted by atomic mass is 35.5. The third-order valence-corrected chi connectivity index (χ3v) is 4.38. The van der Waals surface area contributed by atoms with Gasteiger partial charge >= 0.3 is 0 Å². The van der Waals surface area contributed by atoms with Crippen LogP contribution in [0.1, 0.15) is 6.42 Å². The van der Waals surface area contributed by atoms with Gasteiger partial charge in [-0.3, -0.25) is 9.67 Å². The maximum atomic E-state index is 5.98. The van der Waals surface area contributed by atoms with E-state index in [1.165, 1.54) is 0 Å². The largest absolute Gasteiger partial charge is 0.381 e. The van der Waals surface area contributed by atoms with E-state index in [1.807, 2.05) is 42.7 Å². The Morgan fingerprint density at radius 3 is 2.86 bits per heavy atom. The van der Waals surface area contributed by atoms with Gasteiger partial charge < -0.3 is 4.74 Å². The first-order valence-electron chi connectivity index (χ1n) is 7.45. The molecule has 1 saturated heterocycles. The SMILES string of the molecule is Clc1ccc(-c2nn(CC3CCOC3)c3ccncc23)cc1. The van der Waals surface area contributed by atoms with E-state index in [4.69, 9.17) is 21.4 Å². The fraction of sp³-hybridized carbons (Fsp3) is 0.294. The summed E-state index contributed by atoms with van der Waals surface area (Å²) in [5, 5.41) is 6.63. The molecule has 1 aliphatic heterocycles. The van der Waals surface area contributed by atoms with E-state index < -0.39 is 0 Å². The minimum atomic E-state index is 0.536. The summed E-state index contributed by atoms with van der Waals surface area (Å²) in [5.41, 5.74) is 3.13. The molecule has 0 amide bonds. The summed E-state index contributed by atoms with van der Waals surface area (Å²) in [6.07, 6.45) is 4.80. The fourth-order valence-corrected chi connectivity index (χ4v) is 3.08. The highest BCUT2D eigenvalue weighted by Gasteiger charge is 2.19. The molecule has 0 bridgehead atoms. The van der Waals surface area contributed by atoms with Crippen LogP contribution in [0.2, 0.25) is 5.02 Å². The molecule has 0 radical (unpaired) electrons. The van der Waals surface area contributed by atoms with Crippen LogP contribution < -0.4 is 0 Å². The van der Waals surface area contributed by atoms with Gasteiger partial charge in [-0.25, -0.2) is 0 Å². The van der Waals surface area contributed by atoms with Gasteiger partial charge in [0, 0.05) is 47.4 Å². The zero-order valence-electron chi connectivity index (χ0n) is 12.1. The van der Waals surface area contributed by atoms with E-state index >= 15 is 0 Å². The maximum Gasteiger partial charge on any atom is 0.102 e. The van der Waals surface area contributed by atoms with Crippen LogP contribution in [0.4, 0.5) is 0 Å². The van der Waals surface area contributed by atoms with E-state index in [2.05, 4.69) is 9.67 Å². The third kappa shape index (κ3) is 2.49. The van der Waals surface area contributed by atoms with Crippen molar-refractivity contribution in [3.05, 3.63) is 47.7 Å². The van der Waals surface area contributed by atoms with Crippen LogP contribution in [0.15, 0.2) is 42.7 Å². The second-order valence-corrected chi connectivity index (χ2v) is 6.10. The average Bonchev–Trinajstić information content (AvgIpc) is 3.17. The Bertz CT molecular complexity index is 791. The number of benzene rings is 1. The zero-order valence-corrected chi connectivity index (χ0v) is 12.8. The number of nitrogens with zero attached hydrogens (tertiary/aromatic N) is 3. The van der Waals surface area contributed by atoms with Gasteiger partial charge in [-0.05, 0) is 24.6 Å². The van der Waals surface area contributed by atoms with Crippen molar-refractivity contribution in [2.24, 2.45) is 5.92 Å². The molecule has 3 heterocycles. The molecule has 1 aromatic carbocycles. The predicted molar refractivity (Wildman–Crippen MR) is 86.9 cm³/mol. The van der Waals surface area contributed by atoms with E-state index in [9.17, 15) is 0 Å². The van der Waals surface area contributed by atoms with Gasteiger partial charge in [0.15, 0.2) is 0 Å². The lowest BCUT2D eigenvalue weighted by Crippen LogP contribution is -2.11. The Morgan fingerprint density at radius 2 is 2.09 bits per heavy atom. The van der Waals surface area contributed by atoms with Crippen LogP contribution in [0.3, 0.4) is 0 Å². The molecule has 22 heavy (non-hydrogen) atoms. The monoisotopic (exact) mass is 313 g/mol. The van der Waals surface area contributed by atoms with Gasteiger partial charge in [-0.2, -0.15) is 5.10 Å². The molecule has 112 valence electrons. The molecule has 0 N–H and O–H groups in total. The first kappa shape index (κ1) is 13.7. The summed E-state index contributed by atoms with van der Waals surface area (Å²) in [5.74, 6) is 0.536. The second kappa shape index (κ2) is 5.71. The molecule has 0 spiro atoms. The Labute approximate surface area is 133 Å². The van der Waals surface area contributed by atoms with Gasteiger partial charge in [0.05, 0.1) is 12.1 Å². The summed E-state index contributed by atoms with van der Waals surface area (Å²) in [4.78, 5) is 4.26. The smallest absolute Gasteiger partial charge is 0.102 e. The highest BCUT2D eigenvalue weighted by Crippen LogP contribution is 2.29. The zero-order chi connectivity index (χ0) is 14.9. The molecule has 4 nitrogen and oxygen atoms in total. The number of hydrogen-bond donors (Lipinski definition) is 0. The van der Waals surface area contributed by atoms with Crippen molar-refractivity contribution in [1.82, 2.24) is 14.8 Å². The van der Waals surface area contributed by atoms with E-state index in [1.54, 1.807) is 0 Å². The number of aromatic nitrogens is 3. The molecule has 0 saturated carbocycles. The van der Waals surface area contributed by atoms with Gasteiger partial charge in [0.2, 0.25) is 0 Å². The molecule has 1 fully saturated rings. The number of pyridine rings is 1. The predicted octanol–water partition coefficient (Wildman–Crippen LogP) is 3.79. The average molecular weight is 314 g/mol. The summed E-state index contributed by atoms with van der Waals surface area (Å²) in [6, 6.07) is 9.81. The second-order valence-electron chi connectivity index (χ2n) is 5.66. The molecule has 1 atom stereocenters. The molecule has 1 aliphatic rings. The molecule has 2 aromatic heterocycles. The quantitative estimate of drug-likeness (QED) is 0.738. The van der Waals surface area contributed by atoms with Gasteiger partial charge in [-0.1, -0.05) is 23.7 Å². The number of ether oxygens (including phenoxy) is 1. The Morgan fingerprint density at radius 1 is 1.23 bits per heavy atom. The Hall–Kier alpha value is -1.91. The minimum absolute atomic E-state index is 0.536. The normalized spacial score (nSPS) is 18.1. The number of rotatable bonds is 3. The molecule has 3 aromatic rings. The Kier molecular flexibility index (Phi) is 3.56. The summed E-state index contributed by atoms with van der Waals surface area (Å²) < 4.78 is 7.56. The first-order chi connectivity index (χ1) is 10.8. The molecule has 5 heteroatoms. The van der Waals surface area contributed by atoms with Crippen molar-refractivity contribution < 1.29 is 4.74 Å². The number of hydrogen-bond acceptors (Lipinski definition) is 3. The van der Waals surface area contributed by atoms with Crippen molar-refractivity contribution in [3.8, 4) is 11.3 Å². The van der Waals surface area contributed by atoms with E-state index in [0.29, 0.717) is 5.92 Å². The van der Waals surface area contributed by atoms with Crippen molar-refractivity contribution >= 4 is 22.5 Å². The lowest BCUT2D eigenvalue weighted by molar-refractivity contribution is 0.182. The molecular weight excluding hydrogens is 298 g/mol. The molecule has 1 unspecified atom stereocenters. The van der Waals surface area contributed by atoms with Crippen molar-refractivity contribution in [3.63, 3.8) is 0 Å². The molecule has 0 aliphatic carbocycles. The van der Waals surface area contributed by atoms with Gasteiger partial charge in [-0.15, -0.1) is 0 Å². The minimum Gasteiger partial charge on any atom is -0.381 e. The van der Waals surface area contributed by atoms with Crippen LogP contribution in [0, 0.1) is 5.92 Å². The summed E-state index contributed by atoms with van der Waals surface area (Å²) in [6.45, 7) is 2.56. The van der Waals surface area contributed by atoms with Crippen molar-refractivity contribution in [2.75, 3.05) is 13.2 Å². The Balaban J connectivity index is 1.79. The van der Waals surface area contributed by atoms with Crippen molar-refractivity contribution in [1.29, 1.82) is 0 Å². The van der Waals surface area contributed by atoms with Crippen LogP contribution in [-0.2, 0) is 11.3 Å². The van der Waals surface area contributed by atoms with Gasteiger partial charge in [0.1, 0.15) is 5.69 Å². The van der Waals surface area contributed by atoms with Crippen LogP contribution >= 0.6 is 11.6 Å². The van der Waals surface area contributed by atoms with E-state index in [0.717, 1.165) is 53.4 Å². The topological polar surface area (TPSA) is 39.9 Å². The molecule has 4 rings (SSSR count). The van der Waals surface area contributed by atoms with Crippen LogP contribution in [0.5, 0.6) is 0 Å². The fourth-order valence-electron chi connectivity index (χ4n) is 2.96.